The summed E-state index contributed by atoms with van der Waals surface area (Å²) < 4.78 is 5.25. The van der Waals surface area contributed by atoms with Crippen LogP contribution in [0, 0.1) is 0 Å². The summed E-state index contributed by atoms with van der Waals surface area (Å²) in [6, 6.07) is 9.89. The van der Waals surface area contributed by atoms with Gasteiger partial charge in [0, 0.05) is 64.1 Å². The van der Waals surface area contributed by atoms with Crippen LogP contribution in [0.1, 0.15) is 25.7 Å². The van der Waals surface area contributed by atoms with Crippen LogP contribution in [0.5, 0.6) is 5.75 Å². The van der Waals surface area contributed by atoms with E-state index in [0.717, 1.165) is 74.8 Å². The van der Waals surface area contributed by atoms with Crippen LogP contribution < -0.4 is 30.5 Å². The van der Waals surface area contributed by atoms with Crippen molar-refractivity contribution in [3.8, 4) is 5.75 Å². The van der Waals surface area contributed by atoms with Crippen molar-refractivity contribution < 1.29 is 4.74 Å². The van der Waals surface area contributed by atoms with Crippen LogP contribution in [0.2, 0.25) is 0 Å². The molecule has 0 spiro atoms. The fraction of sp³-hybridized carbons (Fsp3) is 0.560. The van der Waals surface area contributed by atoms with E-state index >= 15 is 0 Å². The molecule has 35 heavy (non-hydrogen) atoms. The number of likely N-dealkylation sites (N-methyl/N-ethyl adjacent to an activating group) is 1. The first-order valence-corrected chi connectivity index (χ1v) is 13.0. The molecule has 2 saturated heterocycles. The van der Waals surface area contributed by atoms with Crippen molar-refractivity contribution in [3.63, 3.8) is 0 Å². The Morgan fingerprint density at radius 2 is 1.66 bits per heavy atom. The van der Waals surface area contributed by atoms with Gasteiger partial charge in [-0.3, -0.25) is 0 Å². The van der Waals surface area contributed by atoms with Crippen LogP contribution in [0.3, 0.4) is 0 Å². The summed E-state index contributed by atoms with van der Waals surface area (Å²) in [5, 5.41) is 3.90. The zero-order valence-corrected chi connectivity index (χ0v) is 21.8. The van der Waals surface area contributed by atoms with Crippen molar-refractivity contribution >= 4 is 40.6 Å². The maximum Gasteiger partial charge on any atom is 0.229 e. The highest BCUT2D eigenvalue weighted by Crippen LogP contribution is 2.25. The molecule has 0 unspecified atom stereocenters. The van der Waals surface area contributed by atoms with Crippen molar-refractivity contribution in [1.29, 1.82) is 0 Å². The molecular weight excluding hydrogens is 460 g/mol. The van der Waals surface area contributed by atoms with Gasteiger partial charge in [0.2, 0.25) is 5.95 Å². The third-order valence-corrected chi connectivity index (χ3v) is 6.90. The summed E-state index contributed by atoms with van der Waals surface area (Å²) in [7, 11) is 3.77. The first-order valence-electron chi connectivity index (χ1n) is 12.6. The molecule has 2 aromatic rings. The fourth-order valence-corrected chi connectivity index (χ4v) is 4.76. The number of hydrogen-bond donors (Lipinski definition) is 2. The molecule has 0 aliphatic carbocycles. The minimum Gasteiger partial charge on any atom is -0.497 e. The number of nitrogens with zero attached hydrogens (tertiary/aromatic N) is 6. The van der Waals surface area contributed by atoms with Gasteiger partial charge in [-0.05, 0) is 69.2 Å². The minimum atomic E-state index is 0.367. The van der Waals surface area contributed by atoms with Gasteiger partial charge in [0.05, 0.1) is 7.11 Å². The molecule has 1 aromatic carbocycles. The van der Waals surface area contributed by atoms with Crippen molar-refractivity contribution in [2.75, 3.05) is 86.5 Å². The Labute approximate surface area is 214 Å². The van der Waals surface area contributed by atoms with Crippen LogP contribution in [0.4, 0.5) is 23.3 Å². The molecule has 0 amide bonds. The average molecular weight is 499 g/mol. The fourth-order valence-electron chi connectivity index (χ4n) is 4.57. The predicted molar refractivity (Wildman–Crippen MR) is 148 cm³/mol. The SMILES string of the molecule is COc1ccc(N(CCN(C)CCNc2cc(N3CCCC3)nc(N3CCCC3)n2)C(N)=S)cc1. The summed E-state index contributed by atoms with van der Waals surface area (Å²) in [5.74, 6) is 3.61. The molecule has 10 heteroatoms. The van der Waals surface area contributed by atoms with Crippen LogP contribution in [-0.2, 0) is 0 Å². The number of nitrogens with two attached hydrogens (primary N) is 1. The van der Waals surface area contributed by atoms with Crippen molar-refractivity contribution in [2.24, 2.45) is 5.73 Å². The zero-order chi connectivity index (χ0) is 24.6. The number of hydrogen-bond acceptors (Lipinski definition) is 8. The van der Waals surface area contributed by atoms with Gasteiger partial charge in [-0.1, -0.05) is 0 Å². The van der Waals surface area contributed by atoms with E-state index in [1.807, 2.05) is 29.2 Å². The first-order chi connectivity index (χ1) is 17.0. The molecule has 4 rings (SSSR count). The van der Waals surface area contributed by atoms with E-state index in [4.69, 9.17) is 32.7 Å². The second kappa shape index (κ2) is 12.2. The quantitative estimate of drug-likeness (QED) is 0.451. The standard InChI is InChI=1S/C25H38N8OS/c1-30(17-18-33(24(26)35)20-7-9-21(34-2)10-8-20)16-11-27-22-19-23(31-12-3-4-13-31)29-25(28-22)32-14-5-6-15-32/h7-10,19H,3-6,11-18H2,1-2H3,(H2,26,35)(H,27,28,29). The highest BCUT2D eigenvalue weighted by atomic mass is 32.1. The summed E-state index contributed by atoms with van der Waals surface area (Å²) in [5.41, 5.74) is 6.97. The van der Waals surface area contributed by atoms with Gasteiger partial charge >= 0.3 is 0 Å². The molecule has 0 atom stereocenters. The molecule has 9 nitrogen and oxygen atoms in total. The molecular formula is C25H38N8OS. The largest absolute Gasteiger partial charge is 0.497 e. The maximum absolute atomic E-state index is 6.01. The van der Waals surface area contributed by atoms with Gasteiger partial charge in [-0.2, -0.15) is 9.97 Å². The molecule has 190 valence electrons. The van der Waals surface area contributed by atoms with Crippen LogP contribution >= 0.6 is 12.2 Å². The van der Waals surface area contributed by atoms with E-state index in [0.29, 0.717) is 11.7 Å². The van der Waals surface area contributed by atoms with Gasteiger partial charge in [-0.25, -0.2) is 0 Å². The van der Waals surface area contributed by atoms with Crippen molar-refractivity contribution in [3.05, 3.63) is 30.3 Å². The lowest BCUT2D eigenvalue weighted by Crippen LogP contribution is -2.41. The summed E-state index contributed by atoms with van der Waals surface area (Å²) >= 11 is 5.30. The Kier molecular flexibility index (Phi) is 8.81. The summed E-state index contributed by atoms with van der Waals surface area (Å²) in [6.07, 6.45) is 4.89. The predicted octanol–water partition coefficient (Wildman–Crippen LogP) is 2.78. The van der Waals surface area contributed by atoms with E-state index in [1.165, 1.54) is 25.7 Å². The Hall–Kier alpha value is -2.85. The third kappa shape index (κ3) is 6.85. The van der Waals surface area contributed by atoms with E-state index in [-0.39, 0.29) is 0 Å². The minimum absolute atomic E-state index is 0.367. The molecule has 1 aromatic heterocycles. The van der Waals surface area contributed by atoms with E-state index in [9.17, 15) is 0 Å². The second-order valence-electron chi connectivity index (χ2n) is 9.22. The number of methoxy groups -OCH3 is 1. The highest BCUT2D eigenvalue weighted by molar-refractivity contribution is 7.80. The molecule has 0 bridgehead atoms. The Bertz CT molecular complexity index is 926. The monoisotopic (exact) mass is 498 g/mol. The maximum atomic E-state index is 6.01. The smallest absolute Gasteiger partial charge is 0.229 e. The normalized spacial score (nSPS) is 15.6. The van der Waals surface area contributed by atoms with Crippen molar-refractivity contribution in [2.45, 2.75) is 25.7 Å². The number of anilines is 4. The molecule has 3 heterocycles. The molecule has 0 saturated carbocycles. The van der Waals surface area contributed by atoms with Gasteiger partial charge in [-0.15, -0.1) is 0 Å². The van der Waals surface area contributed by atoms with Crippen LogP contribution in [-0.4, -0.2) is 86.5 Å². The Balaban J connectivity index is 1.31. The molecule has 2 fully saturated rings. The topological polar surface area (TPSA) is 86.0 Å². The van der Waals surface area contributed by atoms with Gasteiger partial charge in [0.15, 0.2) is 5.11 Å². The van der Waals surface area contributed by atoms with Gasteiger partial charge in [0.1, 0.15) is 17.4 Å². The number of nitrogens with one attached hydrogen (secondary N) is 1. The van der Waals surface area contributed by atoms with Gasteiger partial charge in [0.25, 0.3) is 0 Å². The molecule has 3 N–H and O–H groups in total. The second-order valence-corrected chi connectivity index (χ2v) is 9.64. The first kappa shape index (κ1) is 25.2. The lowest BCUT2D eigenvalue weighted by molar-refractivity contribution is 0.357. The lowest BCUT2D eigenvalue weighted by Gasteiger charge is -2.26. The van der Waals surface area contributed by atoms with E-state index < -0.39 is 0 Å². The summed E-state index contributed by atoms with van der Waals surface area (Å²) in [4.78, 5) is 18.6. The zero-order valence-electron chi connectivity index (χ0n) is 20.9. The molecule has 2 aliphatic rings. The Morgan fingerprint density at radius 1 is 1.00 bits per heavy atom. The van der Waals surface area contributed by atoms with Crippen molar-refractivity contribution in [1.82, 2.24) is 14.9 Å². The average Bonchev–Trinajstić information content (AvgIpc) is 3.59. The third-order valence-electron chi connectivity index (χ3n) is 6.67. The van der Waals surface area contributed by atoms with Crippen LogP contribution in [0.15, 0.2) is 30.3 Å². The van der Waals surface area contributed by atoms with E-state index in [1.54, 1.807) is 7.11 Å². The number of rotatable bonds is 11. The lowest BCUT2D eigenvalue weighted by atomic mass is 10.2. The number of ether oxygens (including phenoxy) is 1. The molecule has 0 radical (unpaired) electrons. The highest BCUT2D eigenvalue weighted by Gasteiger charge is 2.20. The Morgan fingerprint density at radius 3 is 2.29 bits per heavy atom. The molecule has 2 aliphatic heterocycles. The summed E-state index contributed by atoms with van der Waals surface area (Å²) in [6.45, 7) is 7.44. The van der Waals surface area contributed by atoms with Crippen LogP contribution in [0.25, 0.3) is 0 Å². The number of aromatic nitrogens is 2. The number of benzene rings is 1. The number of thiocarbonyl (C=S) groups is 1. The van der Waals surface area contributed by atoms with E-state index in [2.05, 4.69) is 33.1 Å². The van der Waals surface area contributed by atoms with Gasteiger partial charge < -0.3 is 35.4 Å².